The number of fused-ring (bicyclic) bond motifs is 1. The van der Waals surface area contributed by atoms with E-state index in [9.17, 15) is 0 Å². The highest BCUT2D eigenvalue weighted by Gasteiger charge is 2.20. The summed E-state index contributed by atoms with van der Waals surface area (Å²) in [5.74, 6) is 2.45. The Morgan fingerprint density at radius 2 is 2.09 bits per heavy atom. The van der Waals surface area contributed by atoms with Crippen molar-refractivity contribution in [2.24, 2.45) is 5.92 Å². The van der Waals surface area contributed by atoms with Gasteiger partial charge < -0.3 is 10.2 Å². The minimum atomic E-state index is 0.538. The molecule has 1 saturated heterocycles. The van der Waals surface area contributed by atoms with Crippen LogP contribution in [0.15, 0.2) is 24.4 Å². The number of aromatic nitrogens is 1. The smallest absolute Gasteiger partial charge is 0.136 e. The molecule has 0 aliphatic carbocycles. The number of benzene rings is 1. The van der Waals surface area contributed by atoms with Gasteiger partial charge in [-0.3, -0.25) is 0 Å². The van der Waals surface area contributed by atoms with Crippen LogP contribution in [-0.4, -0.2) is 25.1 Å². The molecule has 0 bridgehead atoms. The third-order valence-corrected chi connectivity index (χ3v) is 4.78. The highest BCUT2D eigenvalue weighted by molar-refractivity contribution is 6.00. The van der Waals surface area contributed by atoms with Gasteiger partial charge in [0.2, 0.25) is 0 Å². The van der Waals surface area contributed by atoms with Crippen LogP contribution in [0.5, 0.6) is 0 Å². The molecule has 118 valence electrons. The lowest BCUT2D eigenvalue weighted by Gasteiger charge is -2.33. The summed E-state index contributed by atoms with van der Waals surface area (Å²) in [6, 6.07) is 6.83. The van der Waals surface area contributed by atoms with Crippen LogP contribution in [-0.2, 0) is 0 Å². The number of hydrogen-bond donors (Lipinski definition) is 1. The lowest BCUT2D eigenvalue weighted by molar-refractivity contribution is 0.445. The van der Waals surface area contributed by atoms with Gasteiger partial charge in [-0.1, -0.05) is 32.9 Å². The molecule has 0 spiro atoms. The number of rotatable bonds is 3. The molecule has 22 heavy (non-hydrogen) atoms. The molecule has 0 radical (unpaired) electrons. The van der Waals surface area contributed by atoms with Crippen LogP contribution < -0.4 is 10.2 Å². The van der Waals surface area contributed by atoms with E-state index in [-0.39, 0.29) is 0 Å². The van der Waals surface area contributed by atoms with Gasteiger partial charge in [0.25, 0.3) is 0 Å². The van der Waals surface area contributed by atoms with Crippen molar-refractivity contribution in [3.63, 3.8) is 0 Å². The van der Waals surface area contributed by atoms with Gasteiger partial charge in [-0.15, -0.1) is 0 Å². The number of anilines is 2. The maximum atomic E-state index is 4.80. The molecular formula is C19H27N3. The van der Waals surface area contributed by atoms with E-state index in [2.05, 4.69) is 49.2 Å². The number of hydrogen-bond acceptors (Lipinski definition) is 3. The fourth-order valence-corrected chi connectivity index (χ4v) is 3.44. The minimum Gasteiger partial charge on any atom is -0.386 e. The summed E-state index contributed by atoms with van der Waals surface area (Å²) in [4.78, 5) is 7.27. The number of piperidine rings is 1. The topological polar surface area (TPSA) is 28.2 Å². The van der Waals surface area contributed by atoms with Crippen molar-refractivity contribution in [3.8, 4) is 0 Å². The summed E-state index contributed by atoms with van der Waals surface area (Å²) in [6.07, 6.45) is 4.58. The van der Waals surface area contributed by atoms with Gasteiger partial charge in [0.1, 0.15) is 5.82 Å². The second-order valence-electron chi connectivity index (χ2n) is 6.90. The van der Waals surface area contributed by atoms with E-state index in [4.69, 9.17) is 4.98 Å². The van der Waals surface area contributed by atoms with Crippen LogP contribution in [0.4, 0.5) is 11.5 Å². The first-order valence-electron chi connectivity index (χ1n) is 8.45. The molecule has 3 heteroatoms. The zero-order valence-electron chi connectivity index (χ0n) is 14.2. The molecular weight excluding hydrogens is 270 g/mol. The van der Waals surface area contributed by atoms with Gasteiger partial charge in [0, 0.05) is 30.9 Å². The summed E-state index contributed by atoms with van der Waals surface area (Å²) < 4.78 is 0. The molecule has 1 atom stereocenters. The Hall–Kier alpha value is -1.77. The lowest BCUT2D eigenvalue weighted by atomic mass is 9.97. The Kier molecular flexibility index (Phi) is 4.23. The Labute approximate surface area is 133 Å². The van der Waals surface area contributed by atoms with E-state index in [0.717, 1.165) is 30.5 Å². The molecule has 1 aromatic carbocycles. The summed E-state index contributed by atoms with van der Waals surface area (Å²) in [5.41, 5.74) is 2.49. The first kappa shape index (κ1) is 15.1. The minimum absolute atomic E-state index is 0.538. The van der Waals surface area contributed by atoms with Crippen LogP contribution in [0.1, 0.15) is 45.1 Å². The van der Waals surface area contributed by atoms with E-state index in [1.54, 1.807) is 0 Å². The Balaban J connectivity index is 2.14. The fraction of sp³-hybridized carbons (Fsp3) is 0.526. The maximum absolute atomic E-state index is 4.80. The molecule has 1 aliphatic rings. The Bertz CT molecular complexity index is 663. The van der Waals surface area contributed by atoms with Gasteiger partial charge in [0.05, 0.1) is 11.9 Å². The van der Waals surface area contributed by atoms with Crippen molar-refractivity contribution in [3.05, 3.63) is 30.0 Å². The fourth-order valence-electron chi connectivity index (χ4n) is 3.44. The third kappa shape index (κ3) is 2.77. The van der Waals surface area contributed by atoms with Gasteiger partial charge in [0.15, 0.2) is 0 Å². The standard InChI is InChI=1S/C19H27N3/c1-13(2)15-7-8-16-17(10-15)19(21-11-18(16)20-4)22-9-5-6-14(3)12-22/h7-8,10-11,13-14,20H,5-6,9,12H2,1-4H3. The summed E-state index contributed by atoms with van der Waals surface area (Å²) >= 11 is 0. The highest BCUT2D eigenvalue weighted by Crippen LogP contribution is 2.34. The number of nitrogens with one attached hydrogen (secondary N) is 1. The predicted octanol–water partition coefficient (Wildman–Crippen LogP) is 4.64. The van der Waals surface area contributed by atoms with Crippen molar-refractivity contribution in [1.29, 1.82) is 0 Å². The first-order chi connectivity index (χ1) is 10.6. The van der Waals surface area contributed by atoms with E-state index in [1.807, 2.05) is 13.2 Å². The van der Waals surface area contributed by atoms with Crippen molar-refractivity contribution in [2.45, 2.75) is 39.5 Å². The molecule has 0 saturated carbocycles. The van der Waals surface area contributed by atoms with Crippen LogP contribution in [0.2, 0.25) is 0 Å². The Morgan fingerprint density at radius 3 is 2.77 bits per heavy atom. The lowest BCUT2D eigenvalue weighted by Crippen LogP contribution is -2.34. The predicted molar refractivity (Wildman–Crippen MR) is 96.0 cm³/mol. The van der Waals surface area contributed by atoms with Crippen molar-refractivity contribution in [2.75, 3.05) is 30.4 Å². The largest absolute Gasteiger partial charge is 0.386 e. The third-order valence-electron chi connectivity index (χ3n) is 4.78. The van der Waals surface area contributed by atoms with Crippen LogP contribution in [0, 0.1) is 5.92 Å². The van der Waals surface area contributed by atoms with E-state index in [1.165, 1.54) is 29.2 Å². The molecule has 1 fully saturated rings. The molecule has 0 amide bonds. The van der Waals surface area contributed by atoms with Gasteiger partial charge in [-0.2, -0.15) is 0 Å². The molecule has 2 aromatic rings. The second-order valence-corrected chi connectivity index (χ2v) is 6.90. The Morgan fingerprint density at radius 1 is 1.27 bits per heavy atom. The normalized spacial score (nSPS) is 19.0. The molecule has 1 aromatic heterocycles. The number of pyridine rings is 1. The van der Waals surface area contributed by atoms with E-state index in [0.29, 0.717) is 5.92 Å². The van der Waals surface area contributed by atoms with Crippen LogP contribution in [0.3, 0.4) is 0 Å². The maximum Gasteiger partial charge on any atom is 0.136 e. The summed E-state index contributed by atoms with van der Waals surface area (Å²) in [6.45, 7) is 9.08. The molecule has 2 heterocycles. The van der Waals surface area contributed by atoms with Crippen LogP contribution >= 0.6 is 0 Å². The molecule has 3 rings (SSSR count). The molecule has 1 N–H and O–H groups in total. The zero-order valence-corrected chi connectivity index (χ0v) is 14.2. The van der Waals surface area contributed by atoms with Gasteiger partial charge >= 0.3 is 0 Å². The number of nitrogens with zero attached hydrogens (tertiary/aromatic N) is 2. The average Bonchev–Trinajstić information content (AvgIpc) is 2.53. The van der Waals surface area contributed by atoms with Crippen molar-refractivity contribution >= 4 is 22.3 Å². The van der Waals surface area contributed by atoms with Gasteiger partial charge in [-0.05, 0) is 36.3 Å². The second kappa shape index (κ2) is 6.15. The van der Waals surface area contributed by atoms with E-state index >= 15 is 0 Å². The summed E-state index contributed by atoms with van der Waals surface area (Å²) in [5, 5.41) is 5.83. The van der Waals surface area contributed by atoms with Crippen molar-refractivity contribution < 1.29 is 0 Å². The van der Waals surface area contributed by atoms with Crippen molar-refractivity contribution in [1.82, 2.24) is 4.98 Å². The molecule has 1 aliphatic heterocycles. The first-order valence-corrected chi connectivity index (χ1v) is 8.45. The average molecular weight is 297 g/mol. The molecule has 3 nitrogen and oxygen atoms in total. The SMILES string of the molecule is CNc1cnc(N2CCCC(C)C2)c2cc(C(C)C)ccc12. The highest BCUT2D eigenvalue weighted by atomic mass is 15.2. The van der Waals surface area contributed by atoms with E-state index < -0.39 is 0 Å². The monoisotopic (exact) mass is 297 g/mol. The van der Waals surface area contributed by atoms with Gasteiger partial charge in [-0.25, -0.2) is 4.98 Å². The quantitative estimate of drug-likeness (QED) is 0.895. The molecule has 1 unspecified atom stereocenters. The van der Waals surface area contributed by atoms with Crippen LogP contribution in [0.25, 0.3) is 10.8 Å². The summed E-state index contributed by atoms with van der Waals surface area (Å²) in [7, 11) is 1.97. The zero-order chi connectivity index (χ0) is 15.7.